The molecular weight excluding hydrogens is 200 g/mol. The zero-order chi connectivity index (χ0) is 10.8. The normalized spacial score (nSPS) is 11.0. The van der Waals surface area contributed by atoms with E-state index in [0.29, 0.717) is 0 Å². The lowest BCUT2D eigenvalue weighted by Gasteiger charge is -2.01. The molecule has 0 spiro atoms. The molecule has 0 aliphatic carbocycles. The van der Waals surface area contributed by atoms with Gasteiger partial charge in [-0.1, -0.05) is 29.5 Å². The Kier molecular flexibility index (Phi) is 2.18. The fraction of sp³-hybridized carbons (Fsp3) is 0.167. The van der Waals surface area contributed by atoms with Gasteiger partial charge in [-0.05, 0) is 10.8 Å². The van der Waals surface area contributed by atoms with E-state index in [0.717, 1.165) is 13.1 Å². The van der Waals surface area contributed by atoms with Crippen LogP contribution in [-0.2, 0) is 13.1 Å². The van der Waals surface area contributed by atoms with Crippen LogP contribution in [0.25, 0.3) is 10.8 Å². The molecular formula is C12H12N4. The highest BCUT2D eigenvalue weighted by Crippen LogP contribution is 2.14. The number of benzene rings is 1. The van der Waals surface area contributed by atoms with Gasteiger partial charge in [0.25, 0.3) is 0 Å². The van der Waals surface area contributed by atoms with Crippen molar-refractivity contribution in [1.82, 2.24) is 19.6 Å². The van der Waals surface area contributed by atoms with Gasteiger partial charge in [0.05, 0.1) is 12.7 Å². The molecule has 4 nitrogen and oxygen atoms in total. The van der Waals surface area contributed by atoms with Crippen LogP contribution in [0.5, 0.6) is 0 Å². The van der Waals surface area contributed by atoms with E-state index >= 15 is 0 Å². The zero-order valence-corrected chi connectivity index (χ0v) is 8.82. The van der Waals surface area contributed by atoms with Gasteiger partial charge in [-0.3, -0.25) is 4.68 Å². The quantitative estimate of drug-likeness (QED) is 0.665. The van der Waals surface area contributed by atoms with Crippen molar-refractivity contribution in [2.75, 3.05) is 0 Å². The van der Waals surface area contributed by atoms with Crippen LogP contribution in [0.1, 0.15) is 0 Å². The summed E-state index contributed by atoms with van der Waals surface area (Å²) in [6.45, 7) is 1.76. The molecule has 4 heteroatoms. The second-order valence-electron chi connectivity index (χ2n) is 3.79. The maximum absolute atomic E-state index is 3.94. The van der Waals surface area contributed by atoms with Crippen molar-refractivity contribution >= 4 is 10.8 Å². The highest BCUT2D eigenvalue weighted by Gasteiger charge is 1.98. The highest BCUT2D eigenvalue weighted by atomic mass is 15.4. The summed E-state index contributed by atoms with van der Waals surface area (Å²) in [4.78, 5) is 0. The largest absolute Gasteiger partial charge is 0.351 e. The molecule has 0 aliphatic rings. The standard InChI is InChI=1S/C12H12N4/c1-2-4-12-10-15(9-11(12)3-1)7-8-16-6-5-13-14-16/h1-6,9-10H,7-8H2. The van der Waals surface area contributed by atoms with E-state index in [4.69, 9.17) is 0 Å². The summed E-state index contributed by atoms with van der Waals surface area (Å²) in [6.07, 6.45) is 7.90. The number of rotatable bonds is 3. The summed E-state index contributed by atoms with van der Waals surface area (Å²) < 4.78 is 4.02. The second kappa shape index (κ2) is 3.81. The van der Waals surface area contributed by atoms with Crippen molar-refractivity contribution in [2.24, 2.45) is 0 Å². The molecule has 0 unspecified atom stereocenters. The zero-order valence-electron chi connectivity index (χ0n) is 8.82. The van der Waals surface area contributed by atoms with E-state index in [1.807, 2.05) is 10.9 Å². The maximum Gasteiger partial charge on any atom is 0.0692 e. The van der Waals surface area contributed by atoms with E-state index in [2.05, 4.69) is 51.5 Å². The van der Waals surface area contributed by atoms with Crippen LogP contribution < -0.4 is 0 Å². The van der Waals surface area contributed by atoms with E-state index in [1.165, 1.54) is 10.8 Å². The molecule has 0 atom stereocenters. The minimum atomic E-state index is 0.848. The summed E-state index contributed by atoms with van der Waals surface area (Å²) in [6, 6.07) is 8.37. The summed E-state index contributed by atoms with van der Waals surface area (Å²) in [5.74, 6) is 0. The number of aryl methyl sites for hydroxylation is 2. The SMILES string of the molecule is c1ccc2cn(CCn3ccnn3)cc2c1. The van der Waals surface area contributed by atoms with Gasteiger partial charge in [-0.15, -0.1) is 5.10 Å². The predicted octanol–water partition coefficient (Wildman–Crippen LogP) is 1.93. The third-order valence-electron chi connectivity index (χ3n) is 2.67. The predicted molar refractivity (Wildman–Crippen MR) is 62.0 cm³/mol. The maximum atomic E-state index is 3.94. The average Bonchev–Trinajstić information content (AvgIpc) is 2.95. The van der Waals surface area contributed by atoms with Crippen molar-refractivity contribution in [3.05, 3.63) is 49.1 Å². The van der Waals surface area contributed by atoms with E-state index in [9.17, 15) is 0 Å². The molecule has 1 aromatic carbocycles. The monoisotopic (exact) mass is 212 g/mol. The Bertz CT molecular complexity index is 547. The van der Waals surface area contributed by atoms with Gasteiger partial charge in [0.15, 0.2) is 0 Å². The number of nitrogens with zero attached hydrogens (tertiary/aromatic N) is 4. The molecule has 0 bridgehead atoms. The first-order chi connectivity index (χ1) is 7.92. The van der Waals surface area contributed by atoms with Crippen LogP contribution in [0.3, 0.4) is 0 Å². The van der Waals surface area contributed by atoms with E-state index < -0.39 is 0 Å². The summed E-state index contributed by atoms with van der Waals surface area (Å²) in [7, 11) is 0. The molecule has 3 rings (SSSR count). The average molecular weight is 212 g/mol. The lowest BCUT2D eigenvalue weighted by Crippen LogP contribution is -2.06. The summed E-state index contributed by atoms with van der Waals surface area (Å²) >= 11 is 0. The molecule has 0 fully saturated rings. The first-order valence-corrected chi connectivity index (χ1v) is 5.30. The van der Waals surface area contributed by atoms with Crippen LogP contribution in [0.4, 0.5) is 0 Å². The third-order valence-corrected chi connectivity index (χ3v) is 2.67. The van der Waals surface area contributed by atoms with Gasteiger partial charge >= 0.3 is 0 Å². The van der Waals surface area contributed by atoms with Crippen LogP contribution in [-0.4, -0.2) is 19.6 Å². The fourth-order valence-electron chi connectivity index (χ4n) is 1.84. The van der Waals surface area contributed by atoms with Crippen LogP contribution in [0.2, 0.25) is 0 Å². The van der Waals surface area contributed by atoms with Crippen molar-refractivity contribution in [2.45, 2.75) is 13.1 Å². The molecule has 2 aromatic heterocycles. The fourth-order valence-corrected chi connectivity index (χ4v) is 1.84. The first-order valence-electron chi connectivity index (χ1n) is 5.30. The molecule has 80 valence electrons. The van der Waals surface area contributed by atoms with Gasteiger partial charge in [-0.25, -0.2) is 0 Å². The van der Waals surface area contributed by atoms with Crippen LogP contribution in [0.15, 0.2) is 49.1 Å². The smallest absolute Gasteiger partial charge is 0.0692 e. The third kappa shape index (κ3) is 1.69. The Morgan fingerprint density at radius 2 is 1.75 bits per heavy atom. The highest BCUT2D eigenvalue weighted by molar-refractivity contribution is 5.81. The lowest BCUT2D eigenvalue weighted by atomic mass is 10.2. The molecule has 0 saturated heterocycles. The van der Waals surface area contributed by atoms with Gasteiger partial charge in [0.2, 0.25) is 0 Å². The van der Waals surface area contributed by atoms with Gasteiger partial charge in [0, 0.05) is 25.1 Å². The molecule has 16 heavy (non-hydrogen) atoms. The van der Waals surface area contributed by atoms with Crippen LogP contribution >= 0.6 is 0 Å². The Morgan fingerprint density at radius 1 is 1.00 bits per heavy atom. The minimum Gasteiger partial charge on any atom is -0.351 e. The Labute approximate surface area is 93.1 Å². The van der Waals surface area contributed by atoms with Crippen LogP contribution in [0, 0.1) is 0 Å². The summed E-state index contributed by atoms with van der Waals surface area (Å²) in [5.41, 5.74) is 0. The van der Waals surface area contributed by atoms with Gasteiger partial charge in [-0.2, -0.15) is 0 Å². The second-order valence-corrected chi connectivity index (χ2v) is 3.79. The molecule has 0 N–H and O–H groups in total. The van der Waals surface area contributed by atoms with Crippen molar-refractivity contribution in [3.63, 3.8) is 0 Å². The van der Waals surface area contributed by atoms with E-state index in [-0.39, 0.29) is 0 Å². The van der Waals surface area contributed by atoms with Crippen molar-refractivity contribution < 1.29 is 0 Å². The number of fused-ring (bicyclic) bond motifs is 1. The minimum absolute atomic E-state index is 0.848. The molecule has 0 radical (unpaired) electrons. The molecule has 3 aromatic rings. The summed E-state index contributed by atoms with van der Waals surface area (Å²) in [5, 5.41) is 10.3. The number of hydrogen-bond donors (Lipinski definition) is 0. The van der Waals surface area contributed by atoms with Gasteiger partial charge < -0.3 is 4.57 Å². The Balaban J connectivity index is 1.79. The molecule has 0 aliphatic heterocycles. The Hall–Kier alpha value is -2.10. The Morgan fingerprint density at radius 3 is 2.38 bits per heavy atom. The topological polar surface area (TPSA) is 35.6 Å². The molecule has 2 heterocycles. The molecule has 0 saturated carbocycles. The van der Waals surface area contributed by atoms with Crippen molar-refractivity contribution in [1.29, 1.82) is 0 Å². The number of hydrogen-bond acceptors (Lipinski definition) is 2. The number of aromatic nitrogens is 4. The molecule has 0 amide bonds. The van der Waals surface area contributed by atoms with E-state index in [1.54, 1.807) is 6.20 Å². The van der Waals surface area contributed by atoms with Gasteiger partial charge in [0.1, 0.15) is 0 Å². The first kappa shape index (κ1) is 9.15. The van der Waals surface area contributed by atoms with Crippen molar-refractivity contribution in [3.8, 4) is 0 Å². The lowest BCUT2D eigenvalue weighted by molar-refractivity contribution is 0.521.